The highest BCUT2D eigenvalue weighted by molar-refractivity contribution is 5.69. The van der Waals surface area contributed by atoms with Crippen LogP contribution >= 0.6 is 0 Å². The molecular formula is C26H27N3O3. The molecule has 0 bridgehead atoms. The van der Waals surface area contributed by atoms with E-state index in [2.05, 4.69) is 46.1 Å². The third kappa shape index (κ3) is 5.01. The third-order valence-electron chi connectivity index (χ3n) is 5.70. The van der Waals surface area contributed by atoms with Gasteiger partial charge >= 0.3 is 5.97 Å². The fourth-order valence-corrected chi connectivity index (χ4v) is 4.19. The Morgan fingerprint density at radius 2 is 2.00 bits per heavy atom. The second kappa shape index (κ2) is 9.71. The number of rotatable bonds is 8. The first-order valence-electron chi connectivity index (χ1n) is 10.7. The summed E-state index contributed by atoms with van der Waals surface area (Å²) in [6.07, 6.45) is 1.90. The lowest BCUT2D eigenvalue weighted by Gasteiger charge is -2.17. The molecule has 0 saturated carbocycles. The molecule has 3 aromatic rings. The number of carbonyl (C=O) groups is 1. The highest BCUT2D eigenvalue weighted by atomic mass is 16.5. The van der Waals surface area contributed by atoms with Crippen molar-refractivity contribution in [1.29, 1.82) is 0 Å². The fourth-order valence-electron chi connectivity index (χ4n) is 4.19. The lowest BCUT2D eigenvalue weighted by molar-refractivity contribution is -0.137. The highest BCUT2D eigenvalue weighted by Crippen LogP contribution is 2.30. The predicted octanol–water partition coefficient (Wildman–Crippen LogP) is 4.10. The molecule has 0 fully saturated rings. The summed E-state index contributed by atoms with van der Waals surface area (Å²) in [6.45, 7) is 4.82. The molecule has 1 aromatic heterocycles. The number of ether oxygens (including phenoxy) is 1. The number of aromatic nitrogens is 2. The van der Waals surface area contributed by atoms with E-state index < -0.39 is 11.9 Å². The number of carboxylic acid groups (broad SMARTS) is 1. The molecular weight excluding hydrogens is 402 g/mol. The summed E-state index contributed by atoms with van der Waals surface area (Å²) in [5.74, 6) is 5.25. The first kappa shape index (κ1) is 21.7. The van der Waals surface area contributed by atoms with E-state index in [0.717, 1.165) is 30.8 Å². The molecule has 1 N–H and O–H groups in total. The number of fused-ring (bicyclic) bond motifs is 1. The summed E-state index contributed by atoms with van der Waals surface area (Å²) < 4.78 is 8.08. The van der Waals surface area contributed by atoms with E-state index in [0.29, 0.717) is 12.4 Å². The lowest BCUT2D eigenvalue weighted by atomic mass is 9.95. The summed E-state index contributed by atoms with van der Waals surface area (Å²) in [5.41, 5.74) is 5.71. The molecule has 32 heavy (non-hydrogen) atoms. The van der Waals surface area contributed by atoms with Gasteiger partial charge in [0.1, 0.15) is 12.4 Å². The van der Waals surface area contributed by atoms with Crippen molar-refractivity contribution < 1.29 is 14.6 Å². The minimum atomic E-state index is -0.875. The van der Waals surface area contributed by atoms with E-state index in [1.807, 2.05) is 42.2 Å². The monoisotopic (exact) mass is 429 g/mol. The zero-order valence-electron chi connectivity index (χ0n) is 18.4. The SMILES string of the molecule is CC#CC(CC(=O)O)c1ccccc1OCc1cccc(CN2Cc3cnn(C)c3C2)c1. The van der Waals surface area contributed by atoms with Crippen LogP contribution in [0.3, 0.4) is 0 Å². The van der Waals surface area contributed by atoms with Crippen LogP contribution in [0.5, 0.6) is 5.75 Å². The van der Waals surface area contributed by atoms with E-state index >= 15 is 0 Å². The number of benzene rings is 2. The van der Waals surface area contributed by atoms with Gasteiger partial charge in [0.25, 0.3) is 0 Å². The molecule has 164 valence electrons. The first-order chi connectivity index (χ1) is 15.5. The smallest absolute Gasteiger partial charge is 0.304 e. The Balaban J connectivity index is 1.43. The van der Waals surface area contributed by atoms with Gasteiger partial charge in [-0.15, -0.1) is 5.92 Å². The van der Waals surface area contributed by atoms with Crippen molar-refractivity contribution >= 4 is 5.97 Å². The van der Waals surface area contributed by atoms with Crippen molar-refractivity contribution in [2.24, 2.45) is 7.05 Å². The van der Waals surface area contributed by atoms with Gasteiger partial charge in [-0.3, -0.25) is 14.4 Å². The molecule has 4 rings (SSSR count). The summed E-state index contributed by atoms with van der Waals surface area (Å²) in [6, 6.07) is 16.0. The van der Waals surface area contributed by atoms with Gasteiger partial charge in [-0.05, 0) is 24.1 Å². The summed E-state index contributed by atoms with van der Waals surface area (Å²) >= 11 is 0. The van der Waals surface area contributed by atoms with Crippen molar-refractivity contribution in [2.75, 3.05) is 0 Å². The van der Waals surface area contributed by atoms with E-state index in [4.69, 9.17) is 4.74 Å². The van der Waals surface area contributed by atoms with Crippen LogP contribution in [0.15, 0.2) is 54.7 Å². The number of carboxylic acids is 1. The molecule has 2 heterocycles. The van der Waals surface area contributed by atoms with Crippen LogP contribution in [0, 0.1) is 11.8 Å². The number of hydrogen-bond acceptors (Lipinski definition) is 4. The number of hydrogen-bond donors (Lipinski definition) is 1. The van der Waals surface area contributed by atoms with Gasteiger partial charge in [-0.25, -0.2) is 0 Å². The Hall–Kier alpha value is -3.56. The molecule has 1 aliphatic rings. The normalized spacial score (nSPS) is 13.8. The maximum atomic E-state index is 11.3. The number of para-hydroxylation sites is 1. The van der Waals surface area contributed by atoms with Gasteiger partial charge in [-0.1, -0.05) is 48.4 Å². The second-order valence-electron chi connectivity index (χ2n) is 8.08. The van der Waals surface area contributed by atoms with Crippen molar-refractivity contribution in [1.82, 2.24) is 14.7 Å². The molecule has 6 heteroatoms. The molecule has 1 unspecified atom stereocenters. The van der Waals surface area contributed by atoms with Crippen LogP contribution in [0.2, 0.25) is 0 Å². The Kier molecular flexibility index (Phi) is 6.58. The topological polar surface area (TPSA) is 67.6 Å². The molecule has 6 nitrogen and oxygen atoms in total. The molecule has 0 saturated heterocycles. The molecule has 1 atom stereocenters. The van der Waals surface area contributed by atoms with Gasteiger partial charge in [0.2, 0.25) is 0 Å². The van der Waals surface area contributed by atoms with Crippen LogP contribution < -0.4 is 4.74 Å². The van der Waals surface area contributed by atoms with Crippen molar-refractivity contribution in [3.8, 4) is 17.6 Å². The minimum Gasteiger partial charge on any atom is -0.489 e. The summed E-state index contributed by atoms with van der Waals surface area (Å²) in [4.78, 5) is 13.7. The molecule has 1 aliphatic heterocycles. The van der Waals surface area contributed by atoms with E-state index in [1.54, 1.807) is 6.92 Å². The van der Waals surface area contributed by atoms with Crippen LogP contribution in [0.4, 0.5) is 0 Å². The Bertz CT molecular complexity index is 1170. The van der Waals surface area contributed by atoms with Gasteiger partial charge in [0.15, 0.2) is 0 Å². The van der Waals surface area contributed by atoms with Gasteiger partial charge in [0.05, 0.1) is 24.2 Å². The molecule has 0 spiro atoms. The lowest BCUT2D eigenvalue weighted by Crippen LogP contribution is -2.17. The standard InChI is InChI=1S/C26H27N3O3/c1-3-7-21(13-26(30)31)23-10-4-5-11-25(23)32-18-20-9-6-8-19(12-20)15-29-16-22-14-27-28(2)24(22)17-29/h4-6,8-12,14,21H,13,15-18H2,1-2H3,(H,30,31). The third-order valence-corrected chi connectivity index (χ3v) is 5.70. The maximum absolute atomic E-state index is 11.3. The van der Waals surface area contributed by atoms with Gasteiger partial charge in [0, 0.05) is 37.8 Å². The minimum absolute atomic E-state index is 0.0511. The van der Waals surface area contributed by atoms with Crippen molar-refractivity contribution in [3.63, 3.8) is 0 Å². The average molecular weight is 430 g/mol. The van der Waals surface area contributed by atoms with E-state index in [9.17, 15) is 9.90 Å². The molecule has 0 radical (unpaired) electrons. The number of aryl methyl sites for hydroxylation is 1. The van der Waals surface area contributed by atoms with Crippen LogP contribution in [0.25, 0.3) is 0 Å². The highest BCUT2D eigenvalue weighted by Gasteiger charge is 2.22. The summed E-state index contributed by atoms with van der Waals surface area (Å²) in [7, 11) is 1.99. The Morgan fingerprint density at radius 1 is 1.19 bits per heavy atom. The van der Waals surface area contributed by atoms with E-state index in [-0.39, 0.29) is 6.42 Å². The summed E-state index contributed by atoms with van der Waals surface area (Å²) in [5, 5.41) is 13.6. The average Bonchev–Trinajstić information content (AvgIpc) is 3.33. The second-order valence-corrected chi connectivity index (χ2v) is 8.08. The number of aliphatic carboxylic acids is 1. The predicted molar refractivity (Wildman–Crippen MR) is 122 cm³/mol. The fraction of sp³-hybridized carbons (Fsp3) is 0.308. The molecule has 0 amide bonds. The number of nitrogens with zero attached hydrogens (tertiary/aromatic N) is 3. The van der Waals surface area contributed by atoms with E-state index in [1.165, 1.54) is 16.8 Å². The van der Waals surface area contributed by atoms with Crippen molar-refractivity contribution in [2.45, 2.75) is 45.5 Å². The van der Waals surface area contributed by atoms with Gasteiger partial charge in [-0.2, -0.15) is 5.10 Å². The largest absolute Gasteiger partial charge is 0.489 e. The zero-order chi connectivity index (χ0) is 22.5. The first-order valence-corrected chi connectivity index (χ1v) is 10.7. The maximum Gasteiger partial charge on any atom is 0.304 e. The molecule has 0 aliphatic carbocycles. The Labute approximate surface area is 188 Å². The van der Waals surface area contributed by atoms with Crippen LogP contribution in [0.1, 0.15) is 47.2 Å². The van der Waals surface area contributed by atoms with Crippen LogP contribution in [-0.4, -0.2) is 25.8 Å². The Morgan fingerprint density at radius 3 is 2.78 bits per heavy atom. The van der Waals surface area contributed by atoms with Crippen LogP contribution in [-0.2, 0) is 38.1 Å². The van der Waals surface area contributed by atoms with Gasteiger partial charge < -0.3 is 9.84 Å². The van der Waals surface area contributed by atoms with Crippen molar-refractivity contribution in [3.05, 3.63) is 82.7 Å². The quantitative estimate of drug-likeness (QED) is 0.546. The molecule has 2 aromatic carbocycles. The zero-order valence-corrected chi connectivity index (χ0v) is 18.4.